The number of sulfone groups is 1. The number of imide groups is 1. The van der Waals surface area contributed by atoms with Gasteiger partial charge in [-0.3, -0.25) is 10.1 Å². The van der Waals surface area contributed by atoms with Crippen molar-refractivity contribution in [1.82, 2.24) is 15.6 Å². The van der Waals surface area contributed by atoms with Crippen molar-refractivity contribution in [3.8, 4) is 22.9 Å². The van der Waals surface area contributed by atoms with Crippen LogP contribution >= 0.6 is 0 Å². The molecule has 3 amide bonds. The summed E-state index contributed by atoms with van der Waals surface area (Å²) >= 11 is 0. The monoisotopic (exact) mass is 525 g/mol. The molecule has 1 aliphatic rings. The molecule has 8 nitrogen and oxygen atoms in total. The predicted octanol–water partition coefficient (Wildman–Crippen LogP) is 4.79. The van der Waals surface area contributed by atoms with Gasteiger partial charge in [0.25, 0.3) is 0 Å². The quantitative estimate of drug-likeness (QED) is 0.495. The number of benzene rings is 2. The summed E-state index contributed by atoms with van der Waals surface area (Å²) in [6.45, 7) is 6.58. The van der Waals surface area contributed by atoms with Crippen molar-refractivity contribution in [2.45, 2.75) is 43.8 Å². The van der Waals surface area contributed by atoms with Crippen LogP contribution in [0.2, 0.25) is 0 Å². The molecule has 3 aromatic rings. The highest BCUT2D eigenvalue weighted by molar-refractivity contribution is 7.92. The van der Waals surface area contributed by atoms with E-state index in [1.54, 1.807) is 58.0 Å². The molecule has 1 aliphatic heterocycles. The average Bonchev–Trinajstić information content (AvgIpc) is 2.87. The molecule has 37 heavy (non-hydrogen) atoms. The summed E-state index contributed by atoms with van der Waals surface area (Å²) in [5, 5.41) is 4.12. The Morgan fingerprint density at radius 1 is 1.03 bits per heavy atom. The minimum absolute atomic E-state index is 0.0381. The maximum atomic E-state index is 14.9. The lowest BCUT2D eigenvalue weighted by Gasteiger charge is -2.37. The average molecular weight is 526 g/mol. The van der Waals surface area contributed by atoms with Gasteiger partial charge in [-0.15, -0.1) is 0 Å². The molecule has 0 saturated heterocycles. The van der Waals surface area contributed by atoms with Gasteiger partial charge >= 0.3 is 6.03 Å². The van der Waals surface area contributed by atoms with E-state index < -0.39 is 44.2 Å². The summed E-state index contributed by atoms with van der Waals surface area (Å²) < 4.78 is 45.7. The number of hydrogen-bond acceptors (Lipinski definition) is 6. The first kappa shape index (κ1) is 26.3. The van der Waals surface area contributed by atoms with E-state index in [1.807, 2.05) is 0 Å². The number of para-hydroxylation sites is 1. The van der Waals surface area contributed by atoms with Gasteiger partial charge < -0.3 is 10.1 Å². The molecule has 194 valence electrons. The number of nitrogens with one attached hydrogen (secondary N) is 2. The fraction of sp³-hybridized carbons (Fsp3) is 0.296. The molecule has 0 bridgehead atoms. The lowest BCUT2D eigenvalue weighted by atomic mass is 9.69. The van der Waals surface area contributed by atoms with Gasteiger partial charge in [0.15, 0.2) is 21.4 Å². The second kappa shape index (κ2) is 9.59. The number of rotatable bonds is 5. The third-order valence-corrected chi connectivity index (χ3v) is 8.74. The summed E-state index contributed by atoms with van der Waals surface area (Å²) in [5.74, 6) is -1.74. The first-order valence-electron chi connectivity index (χ1n) is 11.7. The first-order valence-corrected chi connectivity index (χ1v) is 13.3. The molecule has 1 atom stereocenters. The number of aromatic nitrogens is 1. The summed E-state index contributed by atoms with van der Waals surface area (Å²) in [6, 6.07) is 13.7. The van der Waals surface area contributed by atoms with E-state index in [4.69, 9.17) is 4.74 Å². The predicted molar refractivity (Wildman–Crippen MR) is 137 cm³/mol. The van der Waals surface area contributed by atoms with Crippen LogP contribution in [0.1, 0.15) is 44.7 Å². The van der Waals surface area contributed by atoms with E-state index in [2.05, 4.69) is 15.6 Å². The second-order valence-corrected chi connectivity index (χ2v) is 12.2. The van der Waals surface area contributed by atoms with Crippen LogP contribution in [0.25, 0.3) is 11.3 Å². The van der Waals surface area contributed by atoms with Crippen molar-refractivity contribution < 1.29 is 27.1 Å². The Kier molecular flexibility index (Phi) is 6.81. The van der Waals surface area contributed by atoms with Crippen LogP contribution < -0.4 is 15.4 Å². The Morgan fingerprint density at radius 2 is 1.70 bits per heavy atom. The minimum Gasteiger partial charge on any atom is -0.435 e. The second-order valence-electron chi connectivity index (χ2n) is 9.66. The number of nitrogens with zero attached hydrogens (tertiary/aromatic N) is 1. The SMILES string of the molecule is CNC(=O)NC(=O)C(C)(C)[C@@H]1c2ccc(-c3ccc(S(=O)(=O)C(C)C)cc3)nc2Oc2c(F)cccc21. The molecule has 1 aromatic heterocycles. The first-order chi connectivity index (χ1) is 17.4. The zero-order valence-corrected chi connectivity index (χ0v) is 21.9. The standard InChI is InChI=1S/C27H28FN3O5S/c1-15(2)37(34,35)17-11-9-16(10-12-17)21-14-13-19-22(27(3,4)25(32)31-26(33)29-5)18-7-6-8-20(28)23(18)36-24(19)30-21/h6-15,22H,1-5H3,(H2,29,31,32,33)/t22-/m0/s1. The zero-order chi connectivity index (χ0) is 27.1. The third-order valence-electron chi connectivity index (χ3n) is 6.57. The summed E-state index contributed by atoms with van der Waals surface area (Å²) in [6.07, 6.45) is 0. The van der Waals surface area contributed by atoms with Crippen molar-refractivity contribution in [3.05, 3.63) is 71.5 Å². The maximum Gasteiger partial charge on any atom is 0.321 e. The fourth-order valence-electron chi connectivity index (χ4n) is 4.36. The van der Waals surface area contributed by atoms with E-state index >= 15 is 0 Å². The third kappa shape index (κ3) is 4.69. The van der Waals surface area contributed by atoms with Gasteiger partial charge in [-0.2, -0.15) is 0 Å². The largest absolute Gasteiger partial charge is 0.435 e. The van der Waals surface area contributed by atoms with Gasteiger partial charge in [-0.05, 0) is 38.1 Å². The maximum absolute atomic E-state index is 14.9. The number of urea groups is 1. The van der Waals surface area contributed by atoms with Crippen molar-refractivity contribution >= 4 is 21.8 Å². The molecular weight excluding hydrogens is 497 g/mol. The fourth-order valence-corrected chi connectivity index (χ4v) is 5.42. The van der Waals surface area contributed by atoms with E-state index in [0.717, 1.165) is 0 Å². The van der Waals surface area contributed by atoms with Gasteiger partial charge in [0, 0.05) is 29.7 Å². The van der Waals surface area contributed by atoms with Crippen molar-refractivity contribution in [3.63, 3.8) is 0 Å². The highest BCUT2D eigenvalue weighted by Crippen LogP contribution is 2.52. The molecule has 10 heteroatoms. The van der Waals surface area contributed by atoms with Crippen molar-refractivity contribution in [1.29, 1.82) is 0 Å². The number of carbonyl (C=O) groups is 2. The molecule has 0 saturated carbocycles. The molecule has 0 aliphatic carbocycles. The smallest absolute Gasteiger partial charge is 0.321 e. The van der Waals surface area contributed by atoms with Crippen LogP contribution in [0.5, 0.6) is 11.6 Å². The van der Waals surface area contributed by atoms with Crippen LogP contribution in [0.15, 0.2) is 59.5 Å². The summed E-state index contributed by atoms with van der Waals surface area (Å²) in [4.78, 5) is 29.8. The van der Waals surface area contributed by atoms with Gasteiger partial charge in [0.05, 0.1) is 21.3 Å². The van der Waals surface area contributed by atoms with Crippen molar-refractivity contribution in [2.75, 3.05) is 7.05 Å². The molecule has 0 unspecified atom stereocenters. The van der Waals surface area contributed by atoms with Crippen LogP contribution in [-0.4, -0.2) is 37.6 Å². The number of pyridine rings is 1. The molecule has 4 rings (SSSR count). The lowest BCUT2D eigenvalue weighted by molar-refractivity contribution is -0.128. The molecule has 0 fully saturated rings. The number of carbonyl (C=O) groups excluding carboxylic acids is 2. The Balaban J connectivity index is 1.79. The summed E-state index contributed by atoms with van der Waals surface area (Å²) in [7, 11) is -2.02. The Bertz CT molecular complexity index is 1480. The Labute approximate surface area is 215 Å². The number of fused-ring (bicyclic) bond motifs is 2. The summed E-state index contributed by atoms with van der Waals surface area (Å²) in [5.41, 5.74) is 0.948. The topological polar surface area (TPSA) is 114 Å². The molecule has 2 heterocycles. The van der Waals surface area contributed by atoms with Crippen LogP contribution in [0.4, 0.5) is 9.18 Å². The van der Waals surface area contributed by atoms with Gasteiger partial charge in [-0.25, -0.2) is 22.6 Å². The zero-order valence-electron chi connectivity index (χ0n) is 21.1. The highest BCUT2D eigenvalue weighted by Gasteiger charge is 2.45. The molecule has 2 N–H and O–H groups in total. The Morgan fingerprint density at radius 3 is 2.32 bits per heavy atom. The van der Waals surface area contributed by atoms with E-state index in [9.17, 15) is 22.4 Å². The minimum atomic E-state index is -3.42. The normalized spacial score (nSPS) is 14.8. The van der Waals surface area contributed by atoms with E-state index in [0.29, 0.717) is 22.4 Å². The number of amides is 3. The molecule has 0 radical (unpaired) electrons. The number of hydrogen-bond donors (Lipinski definition) is 2. The Hall–Kier alpha value is -3.79. The van der Waals surface area contributed by atoms with Crippen LogP contribution in [-0.2, 0) is 14.6 Å². The van der Waals surface area contributed by atoms with Gasteiger partial charge in [0.2, 0.25) is 11.8 Å². The van der Waals surface area contributed by atoms with Gasteiger partial charge in [-0.1, -0.05) is 44.2 Å². The van der Waals surface area contributed by atoms with Crippen LogP contribution in [0.3, 0.4) is 0 Å². The van der Waals surface area contributed by atoms with E-state index in [-0.39, 0.29) is 16.5 Å². The number of halogens is 1. The van der Waals surface area contributed by atoms with Gasteiger partial charge in [0.1, 0.15) is 0 Å². The van der Waals surface area contributed by atoms with E-state index in [1.165, 1.54) is 31.3 Å². The lowest BCUT2D eigenvalue weighted by Crippen LogP contribution is -2.47. The highest BCUT2D eigenvalue weighted by atomic mass is 32.2. The van der Waals surface area contributed by atoms with Crippen LogP contribution in [0, 0.1) is 11.2 Å². The molecular formula is C27H28FN3O5S. The van der Waals surface area contributed by atoms with Crippen molar-refractivity contribution in [2.24, 2.45) is 5.41 Å². The molecule has 2 aromatic carbocycles. The molecule has 0 spiro atoms. The number of ether oxygens (including phenoxy) is 1.